The monoisotopic (exact) mass is 386 g/mol. The van der Waals surface area contributed by atoms with Crippen molar-refractivity contribution < 1.29 is 4.52 Å². The van der Waals surface area contributed by atoms with Crippen molar-refractivity contribution in [3.05, 3.63) is 60.4 Å². The minimum Gasteiger partial charge on any atom is -0.382 e. The summed E-state index contributed by atoms with van der Waals surface area (Å²) in [7, 11) is 0. The molecule has 3 aromatic heterocycles. The van der Waals surface area contributed by atoms with E-state index < -0.39 is 0 Å². The second kappa shape index (κ2) is 6.62. The predicted octanol–water partition coefficient (Wildman–Crippen LogP) is 2.62. The first kappa shape index (κ1) is 17.2. The van der Waals surface area contributed by atoms with E-state index in [1.54, 1.807) is 12.4 Å². The third-order valence-electron chi connectivity index (χ3n) is 5.39. The summed E-state index contributed by atoms with van der Waals surface area (Å²) in [5, 5.41) is 4.26. The first-order chi connectivity index (χ1) is 14.1. The lowest BCUT2D eigenvalue weighted by molar-refractivity contribution is 0.273. The highest BCUT2D eigenvalue weighted by atomic mass is 16.5. The van der Waals surface area contributed by atoms with Crippen LogP contribution in [0.2, 0.25) is 0 Å². The van der Waals surface area contributed by atoms with Gasteiger partial charge in [-0.2, -0.15) is 4.98 Å². The SMILES string of the molecule is Nc1cnc(-c2nc(C3(c4ccc(-c5cnc(N)nc5)cc4)CCC3)no2)cn1. The fourth-order valence-electron chi connectivity index (χ4n) is 3.61. The van der Waals surface area contributed by atoms with Gasteiger partial charge in [0.05, 0.1) is 17.8 Å². The number of anilines is 2. The van der Waals surface area contributed by atoms with Crippen molar-refractivity contribution >= 4 is 11.8 Å². The zero-order valence-electron chi connectivity index (χ0n) is 15.5. The Balaban J connectivity index is 1.46. The van der Waals surface area contributed by atoms with Gasteiger partial charge in [0.2, 0.25) is 5.95 Å². The van der Waals surface area contributed by atoms with E-state index in [0.717, 1.165) is 36.0 Å². The van der Waals surface area contributed by atoms with Gasteiger partial charge in [-0.05, 0) is 24.0 Å². The third-order valence-corrected chi connectivity index (χ3v) is 5.39. The molecule has 0 aliphatic heterocycles. The Labute approximate surface area is 166 Å². The number of rotatable bonds is 4. The lowest BCUT2D eigenvalue weighted by Crippen LogP contribution is -2.36. The molecule has 29 heavy (non-hydrogen) atoms. The van der Waals surface area contributed by atoms with Gasteiger partial charge in [-0.15, -0.1) is 0 Å². The molecule has 0 amide bonds. The van der Waals surface area contributed by atoms with E-state index in [2.05, 4.69) is 54.3 Å². The summed E-state index contributed by atoms with van der Waals surface area (Å²) in [5.74, 6) is 1.61. The maximum absolute atomic E-state index is 5.59. The average molecular weight is 386 g/mol. The number of hydrogen-bond acceptors (Lipinski definition) is 9. The molecule has 1 aromatic carbocycles. The molecule has 4 N–H and O–H groups in total. The Morgan fingerprint density at radius 2 is 1.59 bits per heavy atom. The Morgan fingerprint density at radius 3 is 2.21 bits per heavy atom. The van der Waals surface area contributed by atoms with Crippen molar-refractivity contribution in [1.82, 2.24) is 30.1 Å². The molecule has 9 nitrogen and oxygen atoms in total. The fourth-order valence-corrected chi connectivity index (χ4v) is 3.61. The summed E-state index contributed by atoms with van der Waals surface area (Å²) in [5.41, 5.74) is 14.5. The summed E-state index contributed by atoms with van der Waals surface area (Å²) in [4.78, 5) is 21.0. The van der Waals surface area contributed by atoms with Crippen LogP contribution in [0, 0.1) is 0 Å². The van der Waals surface area contributed by atoms with Gasteiger partial charge in [-0.25, -0.2) is 19.9 Å². The van der Waals surface area contributed by atoms with E-state index in [9.17, 15) is 0 Å². The molecule has 0 bridgehead atoms. The summed E-state index contributed by atoms with van der Waals surface area (Å²) in [6.45, 7) is 0. The lowest BCUT2D eigenvalue weighted by atomic mass is 9.64. The molecule has 3 heterocycles. The van der Waals surface area contributed by atoms with Gasteiger partial charge in [0.25, 0.3) is 5.89 Å². The molecule has 0 unspecified atom stereocenters. The molecular weight excluding hydrogens is 368 g/mol. The van der Waals surface area contributed by atoms with Crippen LogP contribution >= 0.6 is 0 Å². The molecule has 1 aliphatic rings. The molecule has 5 rings (SSSR count). The largest absolute Gasteiger partial charge is 0.382 e. The van der Waals surface area contributed by atoms with Crippen molar-refractivity contribution in [2.75, 3.05) is 11.5 Å². The zero-order chi connectivity index (χ0) is 19.8. The standard InChI is InChI=1S/C20H18N8O/c21-16-11-23-15(10-24-16)17-27-18(28-29-17)20(6-1-7-20)14-4-2-12(3-5-14)13-8-25-19(22)26-9-13/h2-5,8-11H,1,6-7H2,(H2,21,24)(H2,22,25,26). The average Bonchev–Trinajstić information content (AvgIpc) is 3.19. The van der Waals surface area contributed by atoms with Crippen LogP contribution in [0.5, 0.6) is 0 Å². The predicted molar refractivity (Wildman–Crippen MR) is 106 cm³/mol. The molecule has 0 atom stereocenters. The van der Waals surface area contributed by atoms with Crippen LogP contribution in [0.4, 0.5) is 11.8 Å². The molecule has 4 aromatic rings. The van der Waals surface area contributed by atoms with Gasteiger partial charge in [0.1, 0.15) is 11.5 Å². The molecule has 1 aliphatic carbocycles. The minimum absolute atomic E-state index is 0.251. The van der Waals surface area contributed by atoms with Crippen LogP contribution in [0.25, 0.3) is 22.7 Å². The van der Waals surface area contributed by atoms with Crippen LogP contribution in [0.15, 0.2) is 53.6 Å². The maximum atomic E-state index is 5.59. The van der Waals surface area contributed by atoms with E-state index in [1.165, 1.54) is 12.4 Å². The quantitative estimate of drug-likeness (QED) is 0.541. The highest BCUT2D eigenvalue weighted by Gasteiger charge is 2.44. The normalized spacial score (nSPS) is 15.0. The van der Waals surface area contributed by atoms with Gasteiger partial charge >= 0.3 is 0 Å². The van der Waals surface area contributed by atoms with E-state index in [1.807, 2.05) is 0 Å². The first-order valence-electron chi connectivity index (χ1n) is 9.25. The maximum Gasteiger partial charge on any atom is 0.278 e. The Kier molecular flexibility index (Phi) is 3.94. The molecular formula is C20H18N8O. The fraction of sp³-hybridized carbons (Fsp3) is 0.200. The summed E-state index contributed by atoms with van der Waals surface area (Å²) >= 11 is 0. The van der Waals surface area contributed by atoms with Crippen molar-refractivity contribution in [3.8, 4) is 22.7 Å². The third kappa shape index (κ3) is 2.96. The number of aromatic nitrogens is 6. The summed E-state index contributed by atoms with van der Waals surface area (Å²) in [6.07, 6.45) is 9.47. The number of nitrogen functional groups attached to an aromatic ring is 2. The smallest absolute Gasteiger partial charge is 0.278 e. The molecule has 0 saturated heterocycles. The molecule has 1 fully saturated rings. The molecule has 144 valence electrons. The van der Waals surface area contributed by atoms with E-state index in [0.29, 0.717) is 23.2 Å². The van der Waals surface area contributed by atoms with E-state index in [-0.39, 0.29) is 11.4 Å². The van der Waals surface area contributed by atoms with Crippen molar-refractivity contribution in [3.63, 3.8) is 0 Å². The lowest BCUT2D eigenvalue weighted by Gasteiger charge is -2.39. The van der Waals surface area contributed by atoms with Gasteiger partial charge in [0.15, 0.2) is 5.82 Å². The second-order valence-electron chi connectivity index (χ2n) is 7.09. The zero-order valence-corrected chi connectivity index (χ0v) is 15.5. The van der Waals surface area contributed by atoms with Crippen LogP contribution in [-0.2, 0) is 5.41 Å². The highest BCUT2D eigenvalue weighted by molar-refractivity contribution is 5.63. The van der Waals surface area contributed by atoms with Crippen molar-refractivity contribution in [1.29, 1.82) is 0 Å². The second-order valence-corrected chi connectivity index (χ2v) is 7.09. The topological polar surface area (TPSA) is 143 Å². The van der Waals surface area contributed by atoms with Gasteiger partial charge in [-0.1, -0.05) is 35.8 Å². The summed E-state index contributed by atoms with van der Waals surface area (Å²) < 4.78 is 5.47. The number of hydrogen-bond donors (Lipinski definition) is 2. The molecule has 1 saturated carbocycles. The van der Waals surface area contributed by atoms with Crippen molar-refractivity contribution in [2.24, 2.45) is 0 Å². The van der Waals surface area contributed by atoms with Crippen molar-refractivity contribution in [2.45, 2.75) is 24.7 Å². The Bertz CT molecular complexity index is 1130. The van der Waals surface area contributed by atoms with E-state index >= 15 is 0 Å². The minimum atomic E-state index is -0.251. The molecule has 0 spiro atoms. The molecule has 0 radical (unpaired) electrons. The summed E-state index contributed by atoms with van der Waals surface area (Å²) in [6, 6.07) is 8.31. The number of nitrogens with zero attached hydrogens (tertiary/aromatic N) is 6. The van der Waals surface area contributed by atoms with Crippen LogP contribution < -0.4 is 11.5 Å². The van der Waals surface area contributed by atoms with Crippen LogP contribution in [-0.4, -0.2) is 30.1 Å². The van der Waals surface area contributed by atoms with Gasteiger partial charge < -0.3 is 16.0 Å². The highest BCUT2D eigenvalue weighted by Crippen LogP contribution is 2.48. The first-order valence-corrected chi connectivity index (χ1v) is 9.25. The molecule has 9 heteroatoms. The Hall–Kier alpha value is -3.88. The van der Waals surface area contributed by atoms with E-state index in [4.69, 9.17) is 16.0 Å². The van der Waals surface area contributed by atoms with Gasteiger partial charge in [0, 0.05) is 18.0 Å². The Morgan fingerprint density at radius 1 is 0.828 bits per heavy atom. The van der Waals surface area contributed by atoms with Crippen LogP contribution in [0.3, 0.4) is 0 Å². The number of nitrogens with two attached hydrogens (primary N) is 2. The number of benzene rings is 1. The van der Waals surface area contributed by atoms with Gasteiger partial charge in [-0.3, -0.25) is 0 Å². The van der Waals surface area contributed by atoms with Crippen LogP contribution in [0.1, 0.15) is 30.7 Å².